The molecule has 3 rings (SSSR count). The topological polar surface area (TPSA) is 64.1 Å². The van der Waals surface area contributed by atoms with Gasteiger partial charge in [0.15, 0.2) is 0 Å². The van der Waals surface area contributed by atoms with Crippen LogP contribution in [0.25, 0.3) is 16.7 Å². The first-order valence-electron chi connectivity index (χ1n) is 5.38. The molecule has 0 amide bonds. The maximum absolute atomic E-state index is 13.3. The minimum absolute atomic E-state index is 0.0498. The summed E-state index contributed by atoms with van der Waals surface area (Å²) in [6, 6.07) is 11.0. The average Bonchev–Trinajstić information content (AvgIpc) is 2.68. The molecular formula is C13H10FN3O. The van der Waals surface area contributed by atoms with Gasteiger partial charge in [0.2, 0.25) is 5.95 Å². The van der Waals surface area contributed by atoms with Crippen molar-refractivity contribution in [2.24, 2.45) is 0 Å². The van der Waals surface area contributed by atoms with Gasteiger partial charge in [0.25, 0.3) is 0 Å². The molecule has 1 aromatic heterocycles. The summed E-state index contributed by atoms with van der Waals surface area (Å²) in [6.07, 6.45) is 0. The molecule has 0 aliphatic carbocycles. The van der Waals surface area contributed by atoms with Gasteiger partial charge in [0.05, 0.1) is 16.7 Å². The van der Waals surface area contributed by atoms with Crippen molar-refractivity contribution in [1.29, 1.82) is 0 Å². The second kappa shape index (κ2) is 3.73. The highest BCUT2D eigenvalue weighted by molar-refractivity contribution is 5.81. The summed E-state index contributed by atoms with van der Waals surface area (Å²) in [6.45, 7) is 0. The Balaban J connectivity index is 2.37. The molecule has 5 heteroatoms. The molecule has 3 N–H and O–H groups in total. The van der Waals surface area contributed by atoms with Crippen LogP contribution in [0.4, 0.5) is 10.3 Å². The second-order valence-corrected chi connectivity index (χ2v) is 3.93. The average molecular weight is 243 g/mol. The summed E-state index contributed by atoms with van der Waals surface area (Å²) in [5, 5.41) is 9.82. The molecule has 0 fully saturated rings. The van der Waals surface area contributed by atoms with E-state index in [0.29, 0.717) is 5.52 Å². The summed E-state index contributed by atoms with van der Waals surface area (Å²) < 4.78 is 14.8. The van der Waals surface area contributed by atoms with E-state index in [-0.39, 0.29) is 17.4 Å². The Morgan fingerprint density at radius 2 is 1.94 bits per heavy atom. The third-order valence-corrected chi connectivity index (χ3v) is 2.77. The molecule has 0 unspecified atom stereocenters. The van der Waals surface area contributed by atoms with Gasteiger partial charge in [0, 0.05) is 6.07 Å². The Bertz CT molecular complexity index is 736. The lowest BCUT2D eigenvalue weighted by Crippen LogP contribution is -2.01. The molecule has 0 radical (unpaired) electrons. The zero-order valence-electron chi connectivity index (χ0n) is 9.34. The van der Waals surface area contributed by atoms with Crippen molar-refractivity contribution in [3.05, 3.63) is 48.3 Å². The molecule has 0 saturated carbocycles. The molecular weight excluding hydrogens is 233 g/mol. The van der Waals surface area contributed by atoms with Gasteiger partial charge >= 0.3 is 0 Å². The van der Waals surface area contributed by atoms with Crippen molar-refractivity contribution < 1.29 is 9.50 Å². The lowest BCUT2D eigenvalue weighted by atomic mass is 10.2. The van der Waals surface area contributed by atoms with Gasteiger partial charge < -0.3 is 10.8 Å². The van der Waals surface area contributed by atoms with Crippen LogP contribution in [0.5, 0.6) is 5.75 Å². The van der Waals surface area contributed by atoms with Crippen molar-refractivity contribution in [2.75, 3.05) is 5.73 Å². The standard InChI is InChI=1S/C13H10FN3O/c14-8-5-6-12(18)11(7-8)17-10-4-2-1-3-9(10)16-13(17)15/h1-7,18H,(H2,15,16). The Labute approximate surface area is 102 Å². The van der Waals surface area contributed by atoms with E-state index in [2.05, 4.69) is 4.98 Å². The van der Waals surface area contributed by atoms with Crippen LogP contribution in [0, 0.1) is 5.82 Å². The number of nitrogen functional groups attached to an aromatic ring is 1. The maximum Gasteiger partial charge on any atom is 0.206 e. The largest absolute Gasteiger partial charge is 0.506 e. The van der Waals surface area contributed by atoms with Crippen molar-refractivity contribution in [2.45, 2.75) is 0 Å². The highest BCUT2D eigenvalue weighted by Gasteiger charge is 2.13. The first-order chi connectivity index (χ1) is 8.66. The number of hydrogen-bond acceptors (Lipinski definition) is 3. The first kappa shape index (κ1) is 10.6. The number of benzene rings is 2. The number of phenols is 1. The van der Waals surface area contributed by atoms with Gasteiger partial charge in [-0.3, -0.25) is 4.57 Å². The first-order valence-corrected chi connectivity index (χ1v) is 5.38. The molecule has 1 heterocycles. The van der Waals surface area contributed by atoms with Crippen molar-refractivity contribution >= 4 is 17.0 Å². The second-order valence-electron chi connectivity index (χ2n) is 3.93. The third kappa shape index (κ3) is 1.48. The SMILES string of the molecule is Nc1nc2ccccc2n1-c1cc(F)ccc1O. The van der Waals surface area contributed by atoms with Gasteiger partial charge in [-0.15, -0.1) is 0 Å². The van der Waals surface area contributed by atoms with Crippen molar-refractivity contribution in [3.63, 3.8) is 0 Å². The molecule has 0 aliphatic rings. The number of aromatic nitrogens is 2. The number of fused-ring (bicyclic) bond motifs is 1. The van der Waals surface area contributed by atoms with E-state index >= 15 is 0 Å². The monoisotopic (exact) mass is 243 g/mol. The van der Waals surface area contributed by atoms with Crippen LogP contribution in [-0.2, 0) is 0 Å². The number of nitrogens with zero attached hydrogens (tertiary/aromatic N) is 2. The Morgan fingerprint density at radius 1 is 1.17 bits per heavy atom. The highest BCUT2D eigenvalue weighted by Crippen LogP contribution is 2.29. The molecule has 18 heavy (non-hydrogen) atoms. The van der Waals surface area contributed by atoms with E-state index in [9.17, 15) is 9.50 Å². The molecule has 90 valence electrons. The van der Waals surface area contributed by atoms with E-state index in [4.69, 9.17) is 5.73 Å². The van der Waals surface area contributed by atoms with Crippen LogP contribution >= 0.6 is 0 Å². The molecule has 0 atom stereocenters. The van der Waals surface area contributed by atoms with Crippen molar-refractivity contribution in [3.8, 4) is 11.4 Å². The quantitative estimate of drug-likeness (QED) is 0.690. The van der Waals surface area contributed by atoms with Crippen LogP contribution < -0.4 is 5.73 Å². The Kier molecular flexibility index (Phi) is 2.19. The molecule has 0 aliphatic heterocycles. The lowest BCUT2D eigenvalue weighted by molar-refractivity contribution is 0.470. The van der Waals surface area contributed by atoms with Crippen LogP contribution in [0.15, 0.2) is 42.5 Å². The van der Waals surface area contributed by atoms with E-state index in [1.165, 1.54) is 22.8 Å². The van der Waals surface area contributed by atoms with Gasteiger partial charge in [-0.25, -0.2) is 9.37 Å². The number of hydrogen-bond donors (Lipinski definition) is 2. The zero-order chi connectivity index (χ0) is 12.7. The molecule has 3 aromatic rings. The van der Waals surface area contributed by atoms with E-state index in [1.807, 2.05) is 18.2 Å². The van der Waals surface area contributed by atoms with Gasteiger partial charge in [-0.05, 0) is 24.3 Å². The van der Waals surface area contributed by atoms with Crippen molar-refractivity contribution in [1.82, 2.24) is 9.55 Å². The predicted octanol–water partition coefficient (Wildman–Crippen LogP) is 2.45. The van der Waals surface area contributed by atoms with Crippen LogP contribution in [-0.4, -0.2) is 14.7 Å². The highest BCUT2D eigenvalue weighted by atomic mass is 19.1. The van der Waals surface area contributed by atoms with E-state index < -0.39 is 5.82 Å². The zero-order valence-corrected chi connectivity index (χ0v) is 9.34. The molecule has 0 spiro atoms. The maximum atomic E-state index is 13.3. The molecule has 4 nitrogen and oxygen atoms in total. The number of rotatable bonds is 1. The summed E-state index contributed by atoms with van der Waals surface area (Å²) in [4.78, 5) is 4.17. The number of halogens is 1. The molecule has 0 bridgehead atoms. The summed E-state index contributed by atoms with van der Waals surface area (Å²) >= 11 is 0. The number of phenolic OH excluding ortho intramolecular Hbond substituents is 1. The molecule has 2 aromatic carbocycles. The number of aromatic hydroxyl groups is 1. The number of para-hydroxylation sites is 2. The number of nitrogens with two attached hydrogens (primary N) is 1. The van der Waals surface area contributed by atoms with Gasteiger partial charge in [-0.1, -0.05) is 12.1 Å². The summed E-state index contributed by atoms with van der Waals surface area (Å²) in [7, 11) is 0. The smallest absolute Gasteiger partial charge is 0.206 e. The van der Waals surface area contributed by atoms with E-state index in [0.717, 1.165) is 5.52 Å². The summed E-state index contributed by atoms with van der Waals surface area (Å²) in [5.41, 5.74) is 7.51. The van der Waals surface area contributed by atoms with Crippen LogP contribution in [0.1, 0.15) is 0 Å². The van der Waals surface area contributed by atoms with E-state index in [1.54, 1.807) is 6.07 Å². The predicted molar refractivity (Wildman–Crippen MR) is 67.1 cm³/mol. The fraction of sp³-hybridized carbons (Fsp3) is 0. The fourth-order valence-electron chi connectivity index (χ4n) is 1.97. The minimum Gasteiger partial charge on any atom is -0.506 e. The fourth-order valence-corrected chi connectivity index (χ4v) is 1.97. The van der Waals surface area contributed by atoms with Crippen LogP contribution in [0.2, 0.25) is 0 Å². The minimum atomic E-state index is -0.444. The molecule has 0 saturated heterocycles. The lowest BCUT2D eigenvalue weighted by Gasteiger charge is -2.08. The number of imidazole rings is 1. The van der Waals surface area contributed by atoms with Gasteiger partial charge in [0.1, 0.15) is 11.6 Å². The summed E-state index contributed by atoms with van der Waals surface area (Å²) in [5.74, 6) is -0.289. The van der Waals surface area contributed by atoms with Crippen LogP contribution in [0.3, 0.4) is 0 Å². The Morgan fingerprint density at radius 3 is 2.78 bits per heavy atom. The third-order valence-electron chi connectivity index (χ3n) is 2.77. The normalized spacial score (nSPS) is 10.9. The number of anilines is 1. The Hall–Kier alpha value is -2.56. The van der Waals surface area contributed by atoms with Gasteiger partial charge in [-0.2, -0.15) is 0 Å².